The van der Waals surface area contributed by atoms with Gasteiger partial charge in [0.1, 0.15) is 18.4 Å². The molecule has 4 atom stereocenters. The molecule has 2 N–H and O–H groups in total. The lowest BCUT2D eigenvalue weighted by Gasteiger charge is -2.30. The molecule has 0 aliphatic carbocycles. The summed E-state index contributed by atoms with van der Waals surface area (Å²) >= 11 is 0. The van der Waals surface area contributed by atoms with Gasteiger partial charge in [-0.05, 0) is 13.0 Å². The minimum absolute atomic E-state index is 0.0668. The van der Waals surface area contributed by atoms with Crippen molar-refractivity contribution < 1.29 is 48.3 Å². The zero-order valence-corrected chi connectivity index (χ0v) is 15.5. The van der Waals surface area contributed by atoms with Gasteiger partial charge >= 0.3 is 17.9 Å². The summed E-state index contributed by atoms with van der Waals surface area (Å²) < 4.78 is 26.1. The normalized spacial score (nSPS) is 27.6. The monoisotopic (exact) mass is 400 g/mol. The van der Waals surface area contributed by atoms with Crippen LogP contribution in [0, 0.1) is 11.8 Å². The van der Waals surface area contributed by atoms with Gasteiger partial charge in [0.15, 0.2) is 0 Å². The van der Waals surface area contributed by atoms with Crippen LogP contribution < -0.4 is 0 Å². The molecule has 2 rings (SSSR count). The smallest absolute Gasteiger partial charge is 0.335 e. The van der Waals surface area contributed by atoms with Crippen LogP contribution in [0.25, 0.3) is 0 Å². The summed E-state index contributed by atoms with van der Waals surface area (Å²) in [5.74, 6) is -7.37. The molecule has 0 aromatic heterocycles. The molecule has 0 unspecified atom stereocenters. The molecule has 2 heterocycles. The van der Waals surface area contributed by atoms with Gasteiger partial charge in [0.05, 0.1) is 39.1 Å². The maximum atomic E-state index is 12.6. The van der Waals surface area contributed by atoms with Crippen LogP contribution in [0.3, 0.4) is 0 Å². The number of fused-ring (bicyclic) bond motifs is 2. The van der Waals surface area contributed by atoms with Crippen molar-refractivity contribution in [2.45, 2.75) is 18.8 Å². The van der Waals surface area contributed by atoms with E-state index in [-0.39, 0.29) is 45.2 Å². The van der Waals surface area contributed by atoms with Crippen molar-refractivity contribution >= 4 is 17.9 Å². The molecule has 1 saturated heterocycles. The van der Waals surface area contributed by atoms with Crippen molar-refractivity contribution in [1.29, 1.82) is 0 Å². The highest BCUT2D eigenvalue weighted by Gasteiger charge is 2.65. The Bertz CT molecular complexity index is 642. The predicted molar refractivity (Wildman–Crippen MR) is 91.9 cm³/mol. The number of aliphatic hydroxyl groups is 1. The summed E-state index contributed by atoms with van der Waals surface area (Å²) in [5, 5.41) is 18.1. The lowest BCUT2D eigenvalue weighted by molar-refractivity contribution is -0.207. The van der Waals surface area contributed by atoms with Gasteiger partial charge in [-0.2, -0.15) is 0 Å². The minimum atomic E-state index is -1.83. The van der Waals surface area contributed by atoms with Crippen molar-refractivity contribution in [2.75, 3.05) is 39.6 Å². The Morgan fingerprint density at radius 1 is 1.14 bits per heavy atom. The van der Waals surface area contributed by atoms with Crippen LogP contribution in [0.5, 0.6) is 0 Å². The maximum absolute atomic E-state index is 12.6. The second-order valence-corrected chi connectivity index (χ2v) is 6.29. The van der Waals surface area contributed by atoms with E-state index in [1.807, 2.05) is 0 Å². The number of carboxylic acid groups (broad SMARTS) is 1. The average molecular weight is 400 g/mol. The van der Waals surface area contributed by atoms with Gasteiger partial charge in [-0.1, -0.05) is 12.7 Å². The first-order chi connectivity index (χ1) is 13.3. The second-order valence-electron chi connectivity index (χ2n) is 6.29. The Hall–Kier alpha value is -2.27. The summed E-state index contributed by atoms with van der Waals surface area (Å²) in [6, 6.07) is 0. The number of aliphatic hydroxyl groups excluding tert-OH is 1. The van der Waals surface area contributed by atoms with Crippen LogP contribution in [0.15, 0.2) is 24.3 Å². The van der Waals surface area contributed by atoms with Crippen LogP contribution in [-0.2, 0) is 38.1 Å². The summed E-state index contributed by atoms with van der Waals surface area (Å²) in [6.07, 6.45) is 1.90. The number of aliphatic carboxylic acids is 1. The third kappa shape index (κ3) is 4.96. The molecule has 0 aromatic carbocycles. The van der Waals surface area contributed by atoms with Gasteiger partial charge in [-0.3, -0.25) is 9.59 Å². The largest absolute Gasteiger partial charge is 0.481 e. The van der Waals surface area contributed by atoms with Gasteiger partial charge < -0.3 is 33.9 Å². The number of ether oxygens (including phenoxy) is 5. The fourth-order valence-corrected chi connectivity index (χ4v) is 2.96. The van der Waals surface area contributed by atoms with Gasteiger partial charge in [0, 0.05) is 5.57 Å². The zero-order chi connectivity index (χ0) is 20.7. The van der Waals surface area contributed by atoms with Gasteiger partial charge in [0.2, 0.25) is 5.79 Å². The molecule has 1 fully saturated rings. The number of esters is 2. The first-order valence-corrected chi connectivity index (χ1v) is 8.74. The Labute approximate surface area is 161 Å². The molecule has 0 spiro atoms. The Balaban J connectivity index is 1.94. The van der Waals surface area contributed by atoms with E-state index in [4.69, 9.17) is 28.8 Å². The van der Waals surface area contributed by atoms with Crippen molar-refractivity contribution in [3.05, 3.63) is 24.3 Å². The van der Waals surface area contributed by atoms with Crippen LogP contribution in [0.2, 0.25) is 0 Å². The molecule has 10 nitrogen and oxygen atoms in total. The summed E-state index contributed by atoms with van der Waals surface area (Å²) in [7, 11) is 0. The molecule has 28 heavy (non-hydrogen) atoms. The number of hydrogen-bond acceptors (Lipinski definition) is 9. The molecule has 10 heteroatoms. The van der Waals surface area contributed by atoms with E-state index in [0.29, 0.717) is 0 Å². The number of hydrogen-bond donors (Lipinski definition) is 2. The van der Waals surface area contributed by atoms with Gasteiger partial charge in [-0.15, -0.1) is 0 Å². The Morgan fingerprint density at radius 2 is 1.79 bits per heavy atom. The van der Waals surface area contributed by atoms with Crippen molar-refractivity contribution in [2.24, 2.45) is 11.8 Å². The first-order valence-electron chi connectivity index (χ1n) is 8.74. The fraction of sp³-hybridized carbons (Fsp3) is 0.611. The molecule has 0 aromatic rings. The van der Waals surface area contributed by atoms with Crippen LogP contribution in [0.1, 0.15) is 6.92 Å². The highest BCUT2D eigenvalue weighted by Crippen LogP contribution is 2.48. The van der Waals surface area contributed by atoms with Crippen molar-refractivity contribution in [3.8, 4) is 0 Å². The highest BCUT2D eigenvalue weighted by molar-refractivity contribution is 5.89. The van der Waals surface area contributed by atoms with E-state index in [1.165, 1.54) is 19.1 Å². The van der Waals surface area contributed by atoms with Crippen LogP contribution in [-0.4, -0.2) is 79.7 Å². The predicted octanol–water partition coefficient (Wildman–Crippen LogP) is -0.344. The second kappa shape index (κ2) is 9.78. The zero-order valence-electron chi connectivity index (χ0n) is 15.5. The van der Waals surface area contributed by atoms with Crippen molar-refractivity contribution in [3.63, 3.8) is 0 Å². The third-order valence-corrected chi connectivity index (χ3v) is 4.20. The molecule has 2 aliphatic heterocycles. The highest BCUT2D eigenvalue weighted by atomic mass is 16.7. The third-order valence-electron chi connectivity index (χ3n) is 4.20. The number of carbonyl (C=O) groups is 3. The molecule has 0 amide bonds. The SMILES string of the molecule is C=C(C)C(=O)O[C@]12C=C[C@H](O1)[C@H](C(=O)O)[C@@H]2C(=O)OCCOCCOCCO. The molecular formula is C18H24O10. The van der Waals surface area contributed by atoms with E-state index in [1.54, 1.807) is 0 Å². The average Bonchev–Trinajstić information content (AvgIpc) is 3.19. The molecular weight excluding hydrogens is 376 g/mol. The number of carboxylic acids is 1. The topological polar surface area (TPSA) is 138 Å². The minimum Gasteiger partial charge on any atom is -0.481 e. The number of rotatable bonds is 12. The van der Waals surface area contributed by atoms with E-state index in [9.17, 15) is 19.5 Å². The summed E-state index contributed by atoms with van der Waals surface area (Å²) in [6.45, 7) is 5.48. The summed E-state index contributed by atoms with van der Waals surface area (Å²) in [4.78, 5) is 36.1. The maximum Gasteiger partial charge on any atom is 0.335 e. The standard InChI is InChI=1S/C18H24O10/c1-11(2)16(22)28-18-4-3-12(27-18)13(15(20)21)14(18)17(23)26-10-9-25-8-7-24-6-5-19/h3-4,12-14,19H,1,5-10H2,2H3,(H,20,21)/t12-,13-,14+,18-/m0/s1. The lowest BCUT2D eigenvalue weighted by Crippen LogP contribution is -2.47. The Kier molecular flexibility index (Phi) is 7.69. The van der Waals surface area contributed by atoms with Gasteiger partial charge in [-0.25, -0.2) is 4.79 Å². The fourth-order valence-electron chi connectivity index (χ4n) is 2.96. The van der Waals surface area contributed by atoms with Crippen LogP contribution >= 0.6 is 0 Å². The number of carbonyl (C=O) groups excluding carboxylic acids is 2. The summed E-state index contributed by atoms with van der Waals surface area (Å²) in [5.41, 5.74) is 0.0811. The molecule has 2 bridgehead atoms. The quantitative estimate of drug-likeness (QED) is 0.194. The van der Waals surface area contributed by atoms with Crippen molar-refractivity contribution in [1.82, 2.24) is 0 Å². The molecule has 0 radical (unpaired) electrons. The lowest BCUT2D eigenvalue weighted by atomic mass is 9.81. The molecule has 156 valence electrons. The molecule has 2 aliphatic rings. The van der Waals surface area contributed by atoms with E-state index >= 15 is 0 Å². The first kappa shape index (κ1) is 22.0. The van der Waals surface area contributed by atoms with Gasteiger partial charge in [0.25, 0.3) is 0 Å². The van der Waals surface area contributed by atoms with E-state index in [0.717, 1.165) is 0 Å². The van der Waals surface area contributed by atoms with Crippen LogP contribution in [0.4, 0.5) is 0 Å². The molecule has 0 saturated carbocycles. The van der Waals surface area contributed by atoms with E-state index < -0.39 is 41.6 Å². The van der Waals surface area contributed by atoms with E-state index in [2.05, 4.69) is 6.58 Å². The Morgan fingerprint density at radius 3 is 2.39 bits per heavy atom.